The van der Waals surface area contributed by atoms with Gasteiger partial charge in [-0.05, 0) is 32.0 Å². The van der Waals surface area contributed by atoms with E-state index >= 15 is 0 Å². The number of likely N-dealkylation sites (tertiary alicyclic amines) is 1. The first-order chi connectivity index (χ1) is 10.0. The molecule has 0 N–H and O–H groups in total. The average Bonchev–Trinajstić information content (AvgIpc) is 3.09. The van der Waals surface area contributed by atoms with Crippen molar-refractivity contribution < 1.29 is 12.8 Å². The van der Waals surface area contributed by atoms with Gasteiger partial charge in [0.2, 0.25) is 0 Å². The molecule has 0 atom stereocenters. The number of hydrogen-bond acceptors (Lipinski definition) is 7. The zero-order chi connectivity index (χ0) is 14.9. The van der Waals surface area contributed by atoms with Crippen molar-refractivity contribution in [2.45, 2.75) is 29.5 Å². The Bertz CT molecular complexity index is 686. The van der Waals surface area contributed by atoms with E-state index in [1.54, 1.807) is 12.5 Å². The molecule has 0 aliphatic carbocycles. The molecule has 3 rings (SSSR count). The third kappa shape index (κ3) is 3.33. The van der Waals surface area contributed by atoms with Crippen molar-refractivity contribution in [2.24, 2.45) is 0 Å². The lowest BCUT2D eigenvalue weighted by Crippen LogP contribution is -2.32. The Morgan fingerprint density at radius 2 is 2.19 bits per heavy atom. The molecule has 0 saturated carbocycles. The summed E-state index contributed by atoms with van der Waals surface area (Å²) in [6.07, 6.45) is 6.48. The standard InChI is InChI=1S/C13H17N3O3S2/c1-21(17,18)13-12(14-15-20-13)11-2-5-16(6-3-11)8-10-4-7-19-9-10/h4,7,9,11H,2-3,5-6,8H2,1H3. The van der Waals surface area contributed by atoms with Gasteiger partial charge in [-0.3, -0.25) is 4.90 Å². The minimum Gasteiger partial charge on any atom is -0.472 e. The molecule has 0 bridgehead atoms. The topological polar surface area (TPSA) is 76.3 Å². The molecular formula is C13H17N3O3S2. The third-order valence-electron chi connectivity index (χ3n) is 3.78. The van der Waals surface area contributed by atoms with E-state index in [1.807, 2.05) is 6.07 Å². The summed E-state index contributed by atoms with van der Waals surface area (Å²) in [6.45, 7) is 2.73. The van der Waals surface area contributed by atoms with Gasteiger partial charge in [0.05, 0.1) is 18.2 Å². The molecule has 8 heteroatoms. The number of furan rings is 1. The van der Waals surface area contributed by atoms with E-state index in [9.17, 15) is 8.42 Å². The summed E-state index contributed by atoms with van der Waals surface area (Å²) >= 11 is 0.980. The van der Waals surface area contributed by atoms with Crippen LogP contribution in [0.3, 0.4) is 0 Å². The van der Waals surface area contributed by atoms with Crippen LogP contribution in [0.5, 0.6) is 0 Å². The fourth-order valence-corrected chi connectivity index (χ4v) is 4.43. The third-order valence-corrected chi connectivity index (χ3v) is 6.33. The molecule has 114 valence electrons. The van der Waals surface area contributed by atoms with Gasteiger partial charge in [0, 0.05) is 35.8 Å². The number of hydrogen-bond donors (Lipinski definition) is 0. The van der Waals surface area contributed by atoms with Crippen molar-refractivity contribution in [1.29, 1.82) is 0 Å². The van der Waals surface area contributed by atoms with Gasteiger partial charge in [-0.2, -0.15) is 0 Å². The van der Waals surface area contributed by atoms with Crippen molar-refractivity contribution in [2.75, 3.05) is 19.3 Å². The van der Waals surface area contributed by atoms with Gasteiger partial charge in [-0.25, -0.2) is 8.42 Å². The van der Waals surface area contributed by atoms with Gasteiger partial charge >= 0.3 is 0 Å². The minimum atomic E-state index is -3.23. The van der Waals surface area contributed by atoms with Crippen LogP contribution in [0.4, 0.5) is 0 Å². The van der Waals surface area contributed by atoms with Crippen LogP contribution in [0.15, 0.2) is 27.2 Å². The van der Waals surface area contributed by atoms with E-state index in [1.165, 1.54) is 11.8 Å². The minimum absolute atomic E-state index is 0.189. The summed E-state index contributed by atoms with van der Waals surface area (Å²) in [4.78, 5) is 2.35. The Morgan fingerprint density at radius 3 is 2.81 bits per heavy atom. The lowest BCUT2D eigenvalue weighted by molar-refractivity contribution is 0.202. The number of nitrogens with zero attached hydrogens (tertiary/aromatic N) is 3. The van der Waals surface area contributed by atoms with E-state index in [0.29, 0.717) is 9.90 Å². The lowest BCUT2D eigenvalue weighted by atomic mass is 9.94. The summed E-state index contributed by atoms with van der Waals surface area (Å²) in [5, 5.41) is 4.06. The van der Waals surface area contributed by atoms with Crippen molar-refractivity contribution >= 4 is 21.4 Å². The van der Waals surface area contributed by atoms with Crippen LogP contribution in [0, 0.1) is 0 Å². The van der Waals surface area contributed by atoms with E-state index in [2.05, 4.69) is 14.5 Å². The van der Waals surface area contributed by atoms with Crippen LogP contribution < -0.4 is 0 Å². The maximum absolute atomic E-state index is 11.7. The number of rotatable bonds is 4. The predicted molar refractivity (Wildman–Crippen MR) is 79.0 cm³/mol. The van der Waals surface area contributed by atoms with Crippen molar-refractivity contribution in [3.05, 3.63) is 29.9 Å². The molecule has 1 fully saturated rings. The zero-order valence-corrected chi connectivity index (χ0v) is 13.4. The van der Waals surface area contributed by atoms with Crippen molar-refractivity contribution in [3.8, 4) is 0 Å². The largest absolute Gasteiger partial charge is 0.472 e. The molecule has 1 aliphatic heterocycles. The highest BCUT2D eigenvalue weighted by molar-refractivity contribution is 7.92. The predicted octanol–water partition coefficient (Wildman–Crippen LogP) is 1.91. The van der Waals surface area contributed by atoms with E-state index in [-0.39, 0.29) is 5.92 Å². The first-order valence-electron chi connectivity index (χ1n) is 6.80. The van der Waals surface area contributed by atoms with E-state index in [4.69, 9.17) is 4.42 Å². The number of sulfone groups is 1. The Labute approximate surface area is 127 Å². The normalized spacial score (nSPS) is 18.1. The molecule has 0 spiro atoms. The first kappa shape index (κ1) is 14.7. The summed E-state index contributed by atoms with van der Waals surface area (Å²) < 4.78 is 32.7. The summed E-state index contributed by atoms with van der Waals surface area (Å²) in [6, 6.07) is 1.97. The highest BCUT2D eigenvalue weighted by Gasteiger charge is 2.28. The van der Waals surface area contributed by atoms with Gasteiger partial charge in [0.1, 0.15) is 0 Å². The van der Waals surface area contributed by atoms with Gasteiger partial charge in [-0.15, -0.1) is 5.10 Å². The second kappa shape index (κ2) is 5.86. The van der Waals surface area contributed by atoms with Crippen LogP contribution in [-0.4, -0.2) is 42.2 Å². The van der Waals surface area contributed by atoms with Gasteiger partial charge < -0.3 is 4.42 Å². The van der Waals surface area contributed by atoms with Gasteiger partial charge in [-0.1, -0.05) is 4.49 Å². The van der Waals surface area contributed by atoms with E-state index in [0.717, 1.165) is 44.0 Å². The average molecular weight is 327 g/mol. The Balaban J connectivity index is 1.65. The molecule has 1 saturated heterocycles. The summed E-state index contributed by atoms with van der Waals surface area (Å²) in [7, 11) is -3.23. The van der Waals surface area contributed by atoms with Crippen molar-refractivity contribution in [3.63, 3.8) is 0 Å². The summed E-state index contributed by atoms with van der Waals surface area (Å²) in [5.41, 5.74) is 1.83. The molecule has 21 heavy (non-hydrogen) atoms. The Morgan fingerprint density at radius 1 is 1.43 bits per heavy atom. The van der Waals surface area contributed by atoms with Crippen molar-refractivity contribution in [1.82, 2.24) is 14.5 Å². The molecular weight excluding hydrogens is 310 g/mol. The molecule has 0 amide bonds. The first-order valence-corrected chi connectivity index (χ1v) is 9.46. The lowest BCUT2D eigenvalue weighted by Gasteiger charge is -2.30. The molecule has 2 aromatic heterocycles. The molecule has 0 unspecified atom stereocenters. The molecule has 6 nitrogen and oxygen atoms in total. The second-order valence-corrected chi connectivity index (χ2v) is 8.36. The maximum Gasteiger partial charge on any atom is 0.188 e. The summed E-state index contributed by atoms with van der Waals surface area (Å²) in [5.74, 6) is 0.189. The van der Waals surface area contributed by atoms with Crippen LogP contribution in [-0.2, 0) is 16.4 Å². The molecule has 3 heterocycles. The fourth-order valence-electron chi connectivity index (χ4n) is 2.70. The van der Waals surface area contributed by atoms with Crippen LogP contribution in [0.25, 0.3) is 0 Å². The molecule has 0 aromatic carbocycles. The molecule has 2 aromatic rings. The Hall–Kier alpha value is -1.25. The second-order valence-electron chi connectivity index (χ2n) is 5.40. The van der Waals surface area contributed by atoms with Crippen LogP contribution in [0.2, 0.25) is 0 Å². The quantitative estimate of drug-likeness (QED) is 0.854. The smallest absolute Gasteiger partial charge is 0.188 e. The monoisotopic (exact) mass is 327 g/mol. The molecule has 0 radical (unpaired) electrons. The number of piperidine rings is 1. The van der Waals surface area contributed by atoms with Gasteiger partial charge in [0.25, 0.3) is 0 Å². The highest BCUT2D eigenvalue weighted by atomic mass is 32.2. The van der Waals surface area contributed by atoms with Crippen LogP contribution in [0.1, 0.15) is 30.0 Å². The number of aromatic nitrogens is 2. The SMILES string of the molecule is CS(=O)(=O)c1snnc1C1CCN(Cc2ccoc2)CC1. The fraction of sp³-hybridized carbons (Fsp3) is 0.538. The van der Waals surface area contributed by atoms with Crippen LogP contribution >= 0.6 is 11.5 Å². The maximum atomic E-state index is 11.7. The van der Waals surface area contributed by atoms with E-state index < -0.39 is 9.84 Å². The molecule has 1 aliphatic rings. The van der Waals surface area contributed by atoms with Gasteiger partial charge in [0.15, 0.2) is 14.0 Å². The zero-order valence-electron chi connectivity index (χ0n) is 11.7. The highest BCUT2D eigenvalue weighted by Crippen LogP contribution is 2.32. The Kier molecular flexibility index (Phi) is 4.10.